The van der Waals surface area contributed by atoms with E-state index in [0.29, 0.717) is 25.0 Å². The molecule has 0 radical (unpaired) electrons. The van der Waals surface area contributed by atoms with Crippen LogP contribution in [0.25, 0.3) is 0 Å². The summed E-state index contributed by atoms with van der Waals surface area (Å²) in [6.07, 6.45) is -0.266. The fourth-order valence-electron chi connectivity index (χ4n) is 2.04. The van der Waals surface area contributed by atoms with E-state index in [9.17, 15) is 10.2 Å². The molecule has 1 aromatic rings. The van der Waals surface area contributed by atoms with Crippen molar-refractivity contribution in [2.45, 2.75) is 31.3 Å². The Morgan fingerprint density at radius 1 is 1.37 bits per heavy atom. The molecule has 1 unspecified atom stereocenters. The first-order chi connectivity index (χ1) is 9.19. The monoisotopic (exact) mass is 268 g/mol. The first kappa shape index (κ1) is 14.3. The zero-order chi connectivity index (χ0) is 13.7. The minimum Gasteiger partial charge on any atom is -0.497 e. The molecule has 19 heavy (non-hydrogen) atoms. The summed E-state index contributed by atoms with van der Waals surface area (Å²) in [7, 11) is 1.59. The van der Waals surface area contributed by atoms with Crippen molar-refractivity contribution in [3.63, 3.8) is 0 Å². The lowest BCUT2D eigenvalue weighted by Gasteiger charge is -2.27. The predicted octanol–water partition coefficient (Wildman–Crippen LogP) is 1.24. The maximum absolute atomic E-state index is 9.90. The summed E-state index contributed by atoms with van der Waals surface area (Å²) in [5.74, 6) is 0.731. The second kappa shape index (κ2) is 6.86. The van der Waals surface area contributed by atoms with E-state index < -0.39 is 6.29 Å². The normalized spacial score (nSPS) is 25.0. The number of ether oxygens (including phenoxy) is 3. The zero-order valence-electron chi connectivity index (χ0n) is 11.0. The SMILES string of the molecule is COc1ccc(C(O)OC[C@@H]2C[C@H](O)CCO2)cc1. The van der Waals surface area contributed by atoms with Crippen molar-refractivity contribution in [2.75, 3.05) is 20.3 Å². The molecule has 0 aromatic heterocycles. The molecule has 1 aliphatic rings. The molecule has 3 atom stereocenters. The Morgan fingerprint density at radius 2 is 2.11 bits per heavy atom. The average molecular weight is 268 g/mol. The second-order valence-corrected chi connectivity index (χ2v) is 4.63. The largest absolute Gasteiger partial charge is 0.497 e. The molecular weight excluding hydrogens is 248 g/mol. The van der Waals surface area contributed by atoms with Crippen LogP contribution in [0, 0.1) is 0 Å². The molecule has 0 bridgehead atoms. The molecular formula is C14H20O5. The van der Waals surface area contributed by atoms with Crippen LogP contribution in [0.1, 0.15) is 24.7 Å². The smallest absolute Gasteiger partial charge is 0.181 e. The van der Waals surface area contributed by atoms with Crippen LogP contribution in [-0.4, -0.2) is 42.7 Å². The molecule has 1 heterocycles. The van der Waals surface area contributed by atoms with Gasteiger partial charge in [-0.05, 0) is 18.6 Å². The standard InChI is InChI=1S/C14H20O5/c1-17-12-4-2-10(3-5-12)14(16)19-9-13-8-11(15)6-7-18-13/h2-5,11,13-16H,6-9H2,1H3/t11-,13+,14?/m1/s1. The van der Waals surface area contributed by atoms with Crippen molar-refractivity contribution in [1.82, 2.24) is 0 Å². The van der Waals surface area contributed by atoms with Crippen molar-refractivity contribution < 1.29 is 24.4 Å². The average Bonchev–Trinajstić information content (AvgIpc) is 2.45. The van der Waals surface area contributed by atoms with E-state index >= 15 is 0 Å². The number of aliphatic hydroxyl groups is 2. The van der Waals surface area contributed by atoms with Gasteiger partial charge in [0.05, 0.1) is 25.9 Å². The summed E-state index contributed by atoms with van der Waals surface area (Å²) in [6, 6.07) is 7.03. The highest BCUT2D eigenvalue weighted by Gasteiger charge is 2.22. The quantitative estimate of drug-likeness (QED) is 0.786. The van der Waals surface area contributed by atoms with E-state index in [-0.39, 0.29) is 18.8 Å². The Balaban J connectivity index is 1.81. The number of methoxy groups -OCH3 is 1. The van der Waals surface area contributed by atoms with E-state index in [1.54, 1.807) is 31.4 Å². The van der Waals surface area contributed by atoms with E-state index in [4.69, 9.17) is 14.2 Å². The van der Waals surface area contributed by atoms with E-state index in [1.165, 1.54) is 0 Å². The van der Waals surface area contributed by atoms with Crippen LogP contribution in [0.15, 0.2) is 24.3 Å². The minimum atomic E-state index is -0.992. The van der Waals surface area contributed by atoms with Crippen LogP contribution >= 0.6 is 0 Å². The number of aliphatic hydroxyl groups excluding tert-OH is 2. The van der Waals surface area contributed by atoms with Gasteiger partial charge in [0, 0.05) is 18.6 Å². The predicted molar refractivity (Wildman–Crippen MR) is 68.9 cm³/mol. The maximum Gasteiger partial charge on any atom is 0.181 e. The van der Waals surface area contributed by atoms with Crippen LogP contribution in [0.2, 0.25) is 0 Å². The van der Waals surface area contributed by atoms with Crippen LogP contribution in [-0.2, 0) is 9.47 Å². The number of hydrogen-bond donors (Lipinski definition) is 2. The molecule has 5 nitrogen and oxygen atoms in total. The van der Waals surface area contributed by atoms with Gasteiger partial charge < -0.3 is 24.4 Å². The van der Waals surface area contributed by atoms with E-state index in [1.807, 2.05) is 0 Å². The Morgan fingerprint density at radius 3 is 2.74 bits per heavy atom. The molecule has 1 aromatic carbocycles. The molecule has 0 amide bonds. The Kier molecular flexibility index (Phi) is 5.15. The van der Waals surface area contributed by atoms with Gasteiger partial charge in [-0.25, -0.2) is 0 Å². The molecule has 0 saturated carbocycles. The van der Waals surface area contributed by atoms with Crippen LogP contribution in [0.5, 0.6) is 5.75 Å². The number of rotatable bonds is 5. The van der Waals surface area contributed by atoms with Gasteiger partial charge in [-0.1, -0.05) is 12.1 Å². The Bertz CT molecular complexity index is 378. The summed E-state index contributed by atoms with van der Waals surface area (Å²) < 4.78 is 15.9. The minimum absolute atomic E-state index is 0.156. The second-order valence-electron chi connectivity index (χ2n) is 4.63. The van der Waals surface area contributed by atoms with Gasteiger partial charge in [-0.2, -0.15) is 0 Å². The fourth-order valence-corrected chi connectivity index (χ4v) is 2.04. The number of benzene rings is 1. The van der Waals surface area contributed by atoms with Crippen molar-refractivity contribution in [2.24, 2.45) is 0 Å². The first-order valence-electron chi connectivity index (χ1n) is 6.42. The van der Waals surface area contributed by atoms with Crippen molar-refractivity contribution in [3.8, 4) is 5.75 Å². The van der Waals surface area contributed by atoms with Crippen LogP contribution in [0.3, 0.4) is 0 Å². The molecule has 1 saturated heterocycles. The third-order valence-corrected chi connectivity index (χ3v) is 3.18. The van der Waals surface area contributed by atoms with Gasteiger partial charge in [-0.3, -0.25) is 0 Å². The third kappa shape index (κ3) is 4.18. The van der Waals surface area contributed by atoms with Crippen molar-refractivity contribution in [1.29, 1.82) is 0 Å². The van der Waals surface area contributed by atoms with Crippen molar-refractivity contribution >= 4 is 0 Å². The highest BCUT2D eigenvalue weighted by molar-refractivity contribution is 5.27. The Hall–Kier alpha value is -1.14. The van der Waals surface area contributed by atoms with Gasteiger partial charge >= 0.3 is 0 Å². The summed E-state index contributed by atoms with van der Waals surface area (Å²) in [5, 5.41) is 19.4. The van der Waals surface area contributed by atoms with Gasteiger partial charge in [0.15, 0.2) is 6.29 Å². The lowest BCUT2D eigenvalue weighted by Crippen LogP contribution is -2.32. The van der Waals surface area contributed by atoms with E-state index in [0.717, 1.165) is 5.75 Å². The van der Waals surface area contributed by atoms with Gasteiger partial charge in [0.25, 0.3) is 0 Å². The topological polar surface area (TPSA) is 68.2 Å². The fraction of sp³-hybridized carbons (Fsp3) is 0.571. The molecule has 5 heteroatoms. The summed E-state index contributed by atoms with van der Waals surface area (Å²) >= 11 is 0. The Labute approximate surface area is 112 Å². The lowest BCUT2D eigenvalue weighted by molar-refractivity contribution is -0.150. The van der Waals surface area contributed by atoms with Gasteiger partial charge in [0.1, 0.15) is 5.75 Å². The van der Waals surface area contributed by atoms with E-state index in [2.05, 4.69) is 0 Å². The summed E-state index contributed by atoms with van der Waals surface area (Å²) in [5.41, 5.74) is 0.664. The molecule has 2 N–H and O–H groups in total. The highest BCUT2D eigenvalue weighted by atomic mass is 16.6. The first-order valence-corrected chi connectivity index (χ1v) is 6.42. The highest BCUT2D eigenvalue weighted by Crippen LogP contribution is 2.20. The van der Waals surface area contributed by atoms with Crippen molar-refractivity contribution in [3.05, 3.63) is 29.8 Å². The molecule has 0 aliphatic carbocycles. The molecule has 2 rings (SSSR count). The van der Waals surface area contributed by atoms with Crippen LogP contribution in [0.4, 0.5) is 0 Å². The molecule has 1 fully saturated rings. The summed E-state index contributed by atoms with van der Waals surface area (Å²) in [4.78, 5) is 0. The van der Waals surface area contributed by atoms with Gasteiger partial charge in [-0.15, -0.1) is 0 Å². The van der Waals surface area contributed by atoms with Crippen LogP contribution < -0.4 is 4.74 Å². The number of hydrogen-bond acceptors (Lipinski definition) is 5. The third-order valence-electron chi connectivity index (χ3n) is 3.18. The molecule has 1 aliphatic heterocycles. The zero-order valence-corrected chi connectivity index (χ0v) is 11.0. The maximum atomic E-state index is 9.90. The lowest BCUT2D eigenvalue weighted by atomic mass is 10.1. The van der Waals surface area contributed by atoms with Gasteiger partial charge in [0.2, 0.25) is 0 Å². The molecule has 106 valence electrons. The molecule has 0 spiro atoms. The summed E-state index contributed by atoms with van der Waals surface area (Å²) in [6.45, 7) is 0.804.